The molecule has 1 aromatic carbocycles. The fraction of sp³-hybridized carbons (Fsp3) is 0.250. The van der Waals surface area contributed by atoms with Crippen molar-refractivity contribution in [3.63, 3.8) is 0 Å². The maximum atomic E-state index is 5.82. The minimum absolute atomic E-state index is 0.723. The smallest absolute Gasteiger partial charge is 0.113 e. The molecule has 0 saturated heterocycles. The molecule has 1 aromatic heterocycles. The Morgan fingerprint density at radius 2 is 2.19 bits per heavy atom. The summed E-state index contributed by atoms with van der Waals surface area (Å²) in [6.07, 6.45) is 1.69. The van der Waals surface area contributed by atoms with Gasteiger partial charge >= 0.3 is 0 Å². The molecule has 0 bridgehead atoms. The number of aromatic nitrogens is 1. The molecule has 2 aromatic rings. The van der Waals surface area contributed by atoms with E-state index in [1.54, 1.807) is 6.20 Å². The third-order valence-electron chi connectivity index (χ3n) is 2.34. The molecule has 16 heavy (non-hydrogen) atoms. The zero-order valence-electron chi connectivity index (χ0n) is 9.25. The first kappa shape index (κ1) is 11.4. The number of rotatable bonds is 3. The number of anilines is 1. The summed E-state index contributed by atoms with van der Waals surface area (Å²) in [4.78, 5) is 4.20. The Bertz CT molecular complexity index is 494. The van der Waals surface area contributed by atoms with Crippen LogP contribution in [0.2, 0.25) is 4.34 Å². The van der Waals surface area contributed by atoms with E-state index in [4.69, 9.17) is 11.6 Å². The normalized spacial score (nSPS) is 10.4. The van der Waals surface area contributed by atoms with Crippen molar-refractivity contribution >= 4 is 28.6 Å². The van der Waals surface area contributed by atoms with E-state index in [0.29, 0.717) is 0 Å². The van der Waals surface area contributed by atoms with Crippen LogP contribution < -0.4 is 5.32 Å². The van der Waals surface area contributed by atoms with E-state index in [1.807, 2.05) is 0 Å². The van der Waals surface area contributed by atoms with Crippen molar-refractivity contribution in [2.45, 2.75) is 20.4 Å². The Labute approximate surface area is 104 Å². The van der Waals surface area contributed by atoms with Crippen LogP contribution in [0.25, 0.3) is 0 Å². The van der Waals surface area contributed by atoms with Crippen molar-refractivity contribution in [3.8, 4) is 0 Å². The third-order valence-corrected chi connectivity index (χ3v) is 3.45. The SMILES string of the molecule is Cc1ccc(NCc2ncc(Cl)s2)c(C)c1. The van der Waals surface area contributed by atoms with E-state index in [9.17, 15) is 0 Å². The Kier molecular flexibility index (Phi) is 3.46. The lowest BCUT2D eigenvalue weighted by atomic mass is 10.1. The summed E-state index contributed by atoms with van der Waals surface area (Å²) in [7, 11) is 0. The molecule has 1 N–H and O–H groups in total. The van der Waals surface area contributed by atoms with Crippen LogP contribution in [0, 0.1) is 13.8 Å². The third kappa shape index (κ3) is 2.74. The summed E-state index contributed by atoms with van der Waals surface area (Å²) >= 11 is 7.33. The lowest BCUT2D eigenvalue weighted by Gasteiger charge is -2.08. The molecule has 0 fully saturated rings. The predicted molar refractivity (Wildman–Crippen MR) is 70.4 cm³/mol. The van der Waals surface area contributed by atoms with Crippen LogP contribution in [0.5, 0.6) is 0 Å². The Balaban J connectivity index is 2.04. The van der Waals surface area contributed by atoms with Crippen molar-refractivity contribution in [2.75, 3.05) is 5.32 Å². The summed E-state index contributed by atoms with van der Waals surface area (Å²) in [5.74, 6) is 0. The molecule has 0 aliphatic heterocycles. The molecule has 2 nitrogen and oxygen atoms in total. The van der Waals surface area contributed by atoms with Gasteiger partial charge in [0.25, 0.3) is 0 Å². The van der Waals surface area contributed by atoms with Gasteiger partial charge in [-0.1, -0.05) is 29.3 Å². The Hall–Kier alpha value is -1.06. The van der Waals surface area contributed by atoms with Crippen molar-refractivity contribution in [1.29, 1.82) is 0 Å². The van der Waals surface area contributed by atoms with Gasteiger partial charge in [-0.05, 0) is 25.5 Å². The summed E-state index contributed by atoms with van der Waals surface area (Å²) in [5, 5.41) is 4.36. The number of hydrogen-bond donors (Lipinski definition) is 1. The average Bonchev–Trinajstić information content (AvgIpc) is 2.63. The molecule has 0 unspecified atom stereocenters. The first-order valence-electron chi connectivity index (χ1n) is 5.06. The quantitative estimate of drug-likeness (QED) is 0.892. The summed E-state index contributed by atoms with van der Waals surface area (Å²) in [6.45, 7) is 4.92. The van der Waals surface area contributed by atoms with Gasteiger partial charge in [-0.15, -0.1) is 11.3 Å². The van der Waals surface area contributed by atoms with Gasteiger partial charge in [0, 0.05) is 5.69 Å². The second kappa shape index (κ2) is 4.85. The van der Waals surface area contributed by atoms with Gasteiger partial charge < -0.3 is 5.32 Å². The van der Waals surface area contributed by atoms with Crippen molar-refractivity contribution in [1.82, 2.24) is 4.98 Å². The molecule has 0 saturated carbocycles. The number of nitrogens with one attached hydrogen (secondary N) is 1. The summed E-state index contributed by atoms with van der Waals surface area (Å²) in [6, 6.07) is 6.36. The maximum Gasteiger partial charge on any atom is 0.113 e. The average molecular weight is 253 g/mol. The van der Waals surface area contributed by atoms with E-state index in [1.165, 1.54) is 22.5 Å². The van der Waals surface area contributed by atoms with E-state index < -0.39 is 0 Å². The highest BCUT2D eigenvalue weighted by atomic mass is 35.5. The number of hydrogen-bond acceptors (Lipinski definition) is 3. The molecule has 2 rings (SSSR count). The van der Waals surface area contributed by atoms with E-state index in [-0.39, 0.29) is 0 Å². The molecular weight excluding hydrogens is 240 g/mol. The second-order valence-electron chi connectivity index (χ2n) is 3.73. The van der Waals surface area contributed by atoms with Gasteiger partial charge in [-0.2, -0.15) is 0 Å². The maximum absolute atomic E-state index is 5.82. The zero-order chi connectivity index (χ0) is 11.5. The Morgan fingerprint density at radius 3 is 2.81 bits per heavy atom. The molecule has 4 heteroatoms. The topological polar surface area (TPSA) is 24.9 Å². The summed E-state index contributed by atoms with van der Waals surface area (Å²) < 4.78 is 0.734. The number of nitrogens with zero attached hydrogens (tertiary/aromatic N) is 1. The second-order valence-corrected chi connectivity index (χ2v) is 5.48. The first-order valence-corrected chi connectivity index (χ1v) is 6.26. The lowest BCUT2D eigenvalue weighted by Crippen LogP contribution is -2.00. The van der Waals surface area contributed by atoms with Gasteiger partial charge in [0.05, 0.1) is 12.7 Å². The van der Waals surface area contributed by atoms with Crippen LogP contribution in [0.15, 0.2) is 24.4 Å². The van der Waals surface area contributed by atoms with Crippen LogP contribution in [0.3, 0.4) is 0 Å². The molecule has 1 heterocycles. The zero-order valence-corrected chi connectivity index (χ0v) is 10.8. The molecule has 0 aliphatic carbocycles. The predicted octanol–water partition coefficient (Wildman–Crippen LogP) is 4.03. The Morgan fingerprint density at radius 1 is 1.38 bits per heavy atom. The van der Waals surface area contributed by atoms with Gasteiger partial charge in [-0.25, -0.2) is 4.98 Å². The molecule has 0 radical (unpaired) electrons. The number of thiazole rings is 1. The minimum atomic E-state index is 0.723. The van der Waals surface area contributed by atoms with Crippen LogP contribution in [0.1, 0.15) is 16.1 Å². The first-order chi connectivity index (χ1) is 7.65. The molecule has 84 valence electrons. The highest BCUT2D eigenvalue weighted by molar-refractivity contribution is 7.15. The molecular formula is C12H13ClN2S. The van der Waals surface area contributed by atoms with E-state index in [0.717, 1.165) is 21.6 Å². The molecule has 0 aliphatic rings. The van der Waals surface area contributed by atoms with Gasteiger partial charge in [0.2, 0.25) is 0 Å². The standard InChI is InChI=1S/C12H13ClN2S/c1-8-3-4-10(9(2)5-8)14-7-12-15-6-11(13)16-12/h3-6,14H,7H2,1-2H3. The highest BCUT2D eigenvalue weighted by Crippen LogP contribution is 2.21. The lowest BCUT2D eigenvalue weighted by molar-refractivity contribution is 1.10. The fourth-order valence-electron chi connectivity index (χ4n) is 1.55. The van der Waals surface area contributed by atoms with Crippen LogP contribution in [0.4, 0.5) is 5.69 Å². The molecule has 0 amide bonds. The summed E-state index contributed by atoms with van der Waals surface area (Å²) in [5.41, 5.74) is 3.68. The van der Waals surface area contributed by atoms with Crippen LogP contribution in [-0.2, 0) is 6.54 Å². The van der Waals surface area contributed by atoms with Gasteiger partial charge in [0.1, 0.15) is 9.34 Å². The fourth-order valence-corrected chi connectivity index (χ4v) is 2.45. The highest BCUT2D eigenvalue weighted by Gasteiger charge is 2.01. The van der Waals surface area contributed by atoms with Crippen molar-refractivity contribution in [3.05, 3.63) is 44.9 Å². The van der Waals surface area contributed by atoms with Gasteiger partial charge in [-0.3, -0.25) is 0 Å². The van der Waals surface area contributed by atoms with Crippen molar-refractivity contribution in [2.24, 2.45) is 0 Å². The number of aryl methyl sites for hydroxylation is 2. The van der Waals surface area contributed by atoms with E-state index >= 15 is 0 Å². The van der Waals surface area contributed by atoms with Crippen molar-refractivity contribution < 1.29 is 0 Å². The molecule has 0 atom stereocenters. The largest absolute Gasteiger partial charge is 0.378 e. The number of benzene rings is 1. The number of halogens is 1. The minimum Gasteiger partial charge on any atom is -0.378 e. The van der Waals surface area contributed by atoms with Crippen LogP contribution in [-0.4, -0.2) is 4.98 Å². The monoisotopic (exact) mass is 252 g/mol. The molecule has 0 spiro atoms. The van der Waals surface area contributed by atoms with Crippen LogP contribution >= 0.6 is 22.9 Å². The van der Waals surface area contributed by atoms with Gasteiger partial charge in [0.15, 0.2) is 0 Å². The van der Waals surface area contributed by atoms with E-state index in [2.05, 4.69) is 42.3 Å².